The van der Waals surface area contributed by atoms with Gasteiger partial charge in [-0.3, -0.25) is 4.79 Å². The summed E-state index contributed by atoms with van der Waals surface area (Å²) in [7, 11) is 0. The average Bonchev–Trinajstić information content (AvgIpc) is 3.29. The molecule has 2 aliphatic heterocycles. The van der Waals surface area contributed by atoms with E-state index in [0.717, 1.165) is 35.6 Å². The van der Waals surface area contributed by atoms with Crippen molar-refractivity contribution in [3.05, 3.63) is 36.0 Å². The second-order valence-corrected chi connectivity index (χ2v) is 12.4. The fourth-order valence-corrected chi connectivity index (χ4v) is 5.26. The maximum atomic E-state index is 13.9. The number of aryl methyl sites for hydroxylation is 1. The molecule has 3 atom stereocenters. The largest absolute Gasteiger partial charge is 0.472 e. The zero-order chi connectivity index (χ0) is 28.4. The number of benzene rings is 1. The van der Waals surface area contributed by atoms with Crippen molar-refractivity contribution >= 4 is 28.7 Å². The number of fused-ring (bicyclic) bond motifs is 3. The summed E-state index contributed by atoms with van der Waals surface area (Å²) in [6.07, 6.45) is 3.48. The molecule has 2 amide bonds. The first kappa shape index (κ1) is 28.6. The number of pyridine rings is 1. The SMILES string of the molecule is CCOC(=O)[C@@H]1C[C@H]2CN1C(=O)[C@H](C(C)(C)C)NC(=O)OCC(C)(C)CCCc1ccc3ccnc(c3c1)O2. The summed E-state index contributed by atoms with van der Waals surface area (Å²) in [5.41, 5.74) is 0.281. The van der Waals surface area contributed by atoms with Crippen LogP contribution in [0.1, 0.15) is 66.4 Å². The molecular weight excluding hydrogens is 498 g/mol. The Morgan fingerprint density at radius 3 is 2.72 bits per heavy atom. The summed E-state index contributed by atoms with van der Waals surface area (Å²) in [6, 6.07) is 6.48. The van der Waals surface area contributed by atoms with E-state index in [0.29, 0.717) is 5.88 Å². The molecule has 0 unspecified atom stereocenters. The van der Waals surface area contributed by atoms with Crippen LogP contribution >= 0.6 is 0 Å². The molecule has 1 aromatic carbocycles. The Morgan fingerprint density at radius 2 is 2.00 bits per heavy atom. The number of aromatic nitrogens is 1. The number of carbonyl (C=O) groups excluding carboxylic acids is 3. The molecule has 1 saturated heterocycles. The Balaban J connectivity index is 1.73. The summed E-state index contributed by atoms with van der Waals surface area (Å²) in [4.78, 5) is 45.8. The fourth-order valence-electron chi connectivity index (χ4n) is 5.26. The van der Waals surface area contributed by atoms with E-state index in [2.05, 4.69) is 42.3 Å². The maximum absolute atomic E-state index is 13.9. The van der Waals surface area contributed by atoms with Crippen LogP contribution in [0.5, 0.6) is 5.88 Å². The van der Waals surface area contributed by atoms with Crippen LogP contribution in [-0.2, 0) is 25.5 Å². The maximum Gasteiger partial charge on any atom is 0.407 e. The van der Waals surface area contributed by atoms with E-state index in [1.165, 1.54) is 4.90 Å². The Kier molecular flexibility index (Phi) is 8.37. The van der Waals surface area contributed by atoms with Gasteiger partial charge >= 0.3 is 12.1 Å². The number of alkyl carbamates (subject to hydrolysis) is 1. The van der Waals surface area contributed by atoms with Crippen LogP contribution < -0.4 is 10.1 Å². The standard InChI is InChI=1S/C30H41N3O6/c1-7-37-27(35)23-16-21-17-33(23)26(34)24(29(2,3)4)32-28(36)38-18-30(5,6)13-8-9-19-10-11-20-12-14-31-25(39-21)22(20)15-19/h10-12,14-15,21,23-24H,7-9,13,16-18H2,1-6H3,(H,32,36)/t21-,23-,24+/m0/s1. The van der Waals surface area contributed by atoms with E-state index in [9.17, 15) is 14.4 Å². The minimum atomic E-state index is -0.916. The van der Waals surface area contributed by atoms with Gasteiger partial charge < -0.3 is 24.4 Å². The summed E-state index contributed by atoms with van der Waals surface area (Å²) >= 11 is 0. The smallest absolute Gasteiger partial charge is 0.407 e. The molecule has 0 aliphatic carbocycles. The first-order valence-corrected chi connectivity index (χ1v) is 13.8. The highest BCUT2D eigenvalue weighted by atomic mass is 16.6. The van der Waals surface area contributed by atoms with Crippen molar-refractivity contribution in [2.24, 2.45) is 10.8 Å². The van der Waals surface area contributed by atoms with E-state index in [-0.39, 0.29) is 37.5 Å². The molecule has 3 heterocycles. The molecule has 0 spiro atoms. The topological polar surface area (TPSA) is 107 Å². The van der Waals surface area contributed by atoms with Crippen molar-refractivity contribution in [3.8, 4) is 5.88 Å². The molecule has 1 N–H and O–H groups in total. The Bertz CT molecular complexity index is 1220. The van der Waals surface area contributed by atoms with Crippen LogP contribution in [0, 0.1) is 10.8 Å². The van der Waals surface area contributed by atoms with Gasteiger partial charge in [0.25, 0.3) is 0 Å². The van der Waals surface area contributed by atoms with Gasteiger partial charge in [-0.1, -0.05) is 46.8 Å². The first-order valence-electron chi connectivity index (χ1n) is 13.8. The van der Waals surface area contributed by atoms with Gasteiger partial charge in [0.1, 0.15) is 18.2 Å². The van der Waals surface area contributed by atoms with Crippen LogP contribution in [-0.4, -0.2) is 65.8 Å². The van der Waals surface area contributed by atoms with Gasteiger partial charge in [-0.15, -0.1) is 0 Å². The molecule has 0 saturated carbocycles. The van der Waals surface area contributed by atoms with Crippen LogP contribution in [0.3, 0.4) is 0 Å². The lowest BCUT2D eigenvalue weighted by Gasteiger charge is -2.35. The molecule has 9 heteroatoms. The number of amides is 2. The van der Waals surface area contributed by atoms with Crippen molar-refractivity contribution in [3.63, 3.8) is 0 Å². The predicted molar refractivity (Wildman–Crippen MR) is 147 cm³/mol. The van der Waals surface area contributed by atoms with Crippen molar-refractivity contribution in [2.45, 2.75) is 85.4 Å². The lowest BCUT2D eigenvalue weighted by molar-refractivity contribution is -0.154. The second kappa shape index (κ2) is 11.4. The molecular formula is C30H41N3O6. The number of hydrogen-bond donors (Lipinski definition) is 1. The number of carbonyl (C=O) groups is 3. The number of nitrogens with zero attached hydrogens (tertiary/aromatic N) is 2. The van der Waals surface area contributed by atoms with Crippen LogP contribution in [0.4, 0.5) is 4.79 Å². The zero-order valence-corrected chi connectivity index (χ0v) is 23.9. The van der Waals surface area contributed by atoms with Crippen molar-refractivity contribution in [1.82, 2.24) is 15.2 Å². The highest BCUT2D eigenvalue weighted by Crippen LogP contribution is 2.32. The van der Waals surface area contributed by atoms with Gasteiger partial charge in [-0.25, -0.2) is 14.6 Å². The number of ether oxygens (including phenoxy) is 3. The molecule has 0 radical (unpaired) electrons. The van der Waals surface area contributed by atoms with E-state index < -0.39 is 35.7 Å². The molecule has 4 rings (SSSR count). The predicted octanol–water partition coefficient (Wildman–Crippen LogP) is 4.65. The first-order chi connectivity index (χ1) is 18.4. The molecule has 1 aromatic heterocycles. The van der Waals surface area contributed by atoms with E-state index in [4.69, 9.17) is 14.2 Å². The highest BCUT2D eigenvalue weighted by molar-refractivity contribution is 5.91. The molecule has 9 nitrogen and oxygen atoms in total. The minimum absolute atomic E-state index is 0.163. The Hall–Kier alpha value is -3.36. The quantitative estimate of drug-likeness (QED) is 0.554. The third-order valence-corrected chi connectivity index (χ3v) is 7.46. The van der Waals surface area contributed by atoms with Crippen LogP contribution in [0.25, 0.3) is 10.8 Å². The van der Waals surface area contributed by atoms with Gasteiger partial charge in [-0.2, -0.15) is 0 Å². The summed E-state index contributed by atoms with van der Waals surface area (Å²) in [5.74, 6) is -0.392. The second-order valence-electron chi connectivity index (χ2n) is 12.4. The monoisotopic (exact) mass is 539 g/mol. The Labute approximate surface area is 230 Å². The summed E-state index contributed by atoms with van der Waals surface area (Å²) in [5, 5.41) is 4.69. The molecule has 212 valence electrons. The fraction of sp³-hybridized carbons (Fsp3) is 0.600. The number of esters is 1. The van der Waals surface area contributed by atoms with Gasteiger partial charge in [0.05, 0.1) is 19.8 Å². The number of nitrogens with one attached hydrogen (secondary N) is 1. The van der Waals surface area contributed by atoms with E-state index in [1.807, 2.05) is 26.8 Å². The molecule has 4 bridgehead atoms. The Morgan fingerprint density at radius 1 is 1.23 bits per heavy atom. The third-order valence-electron chi connectivity index (χ3n) is 7.46. The van der Waals surface area contributed by atoms with Gasteiger partial charge in [0, 0.05) is 18.0 Å². The lowest BCUT2D eigenvalue weighted by atomic mass is 9.85. The molecule has 2 aliphatic rings. The number of rotatable bonds is 2. The van der Waals surface area contributed by atoms with Gasteiger partial charge in [0.2, 0.25) is 11.8 Å². The highest BCUT2D eigenvalue weighted by Gasteiger charge is 2.46. The average molecular weight is 540 g/mol. The van der Waals surface area contributed by atoms with Gasteiger partial charge in [0.15, 0.2) is 0 Å². The van der Waals surface area contributed by atoms with Crippen molar-refractivity contribution in [1.29, 1.82) is 0 Å². The van der Waals surface area contributed by atoms with Crippen LogP contribution in [0.2, 0.25) is 0 Å². The molecule has 1 fully saturated rings. The molecule has 2 aromatic rings. The summed E-state index contributed by atoms with van der Waals surface area (Å²) in [6.45, 7) is 12.0. The van der Waals surface area contributed by atoms with E-state index >= 15 is 0 Å². The third kappa shape index (κ3) is 6.81. The van der Waals surface area contributed by atoms with Crippen LogP contribution in [0.15, 0.2) is 30.5 Å². The summed E-state index contributed by atoms with van der Waals surface area (Å²) < 4.78 is 17.3. The minimum Gasteiger partial charge on any atom is -0.472 e. The lowest BCUT2D eigenvalue weighted by Crippen LogP contribution is -2.57. The van der Waals surface area contributed by atoms with Crippen molar-refractivity contribution < 1.29 is 28.6 Å². The van der Waals surface area contributed by atoms with E-state index in [1.54, 1.807) is 13.1 Å². The zero-order valence-electron chi connectivity index (χ0n) is 23.9. The number of hydrogen-bond acceptors (Lipinski definition) is 7. The van der Waals surface area contributed by atoms with Gasteiger partial charge in [-0.05, 0) is 60.1 Å². The van der Waals surface area contributed by atoms with Crippen molar-refractivity contribution in [2.75, 3.05) is 19.8 Å². The normalized spacial score (nSPS) is 24.4. The number of cyclic esters (lactones) is 1. The molecule has 39 heavy (non-hydrogen) atoms.